The number of morpholine rings is 1. The topological polar surface area (TPSA) is 144 Å². The van der Waals surface area contributed by atoms with Crippen molar-refractivity contribution in [1.82, 2.24) is 20.8 Å². The van der Waals surface area contributed by atoms with Crippen molar-refractivity contribution in [3.05, 3.63) is 65.7 Å². The third-order valence-corrected chi connectivity index (χ3v) is 8.36. The van der Waals surface area contributed by atoms with Gasteiger partial charge in [0.05, 0.1) is 24.7 Å². The predicted octanol–water partition coefficient (Wildman–Crippen LogP) is 1.99. The van der Waals surface area contributed by atoms with E-state index < -0.39 is 51.2 Å². The van der Waals surface area contributed by atoms with Gasteiger partial charge in [0.25, 0.3) is 10.8 Å². The smallest absolute Gasteiger partial charge is 0.446 e. The second-order valence-corrected chi connectivity index (χ2v) is 12.7. The van der Waals surface area contributed by atoms with Gasteiger partial charge in [0.15, 0.2) is 0 Å². The van der Waals surface area contributed by atoms with Crippen LogP contribution < -0.4 is 10.7 Å². The maximum atomic E-state index is 14.7. The van der Waals surface area contributed by atoms with E-state index in [1.165, 1.54) is 24.2 Å². The first-order valence-electron chi connectivity index (χ1n) is 13.2. The number of ether oxygens (including phenoxy) is 2. The molecule has 13 heteroatoms. The molecule has 0 aliphatic carbocycles. The molecule has 1 atom stereocenters. The van der Waals surface area contributed by atoms with Crippen molar-refractivity contribution in [3.8, 4) is 0 Å². The van der Waals surface area contributed by atoms with Crippen LogP contribution in [-0.4, -0.2) is 86.8 Å². The number of hydrogen-bond acceptors (Lipinski definition) is 10. The molecular weight excluding hydrogens is 552 g/mol. The second kappa shape index (κ2) is 13.4. The Balaban J connectivity index is 2.27. The number of esters is 1. The fourth-order valence-corrected chi connectivity index (χ4v) is 6.00. The van der Waals surface area contributed by atoms with Gasteiger partial charge in [-0.25, -0.2) is 23.0 Å². The van der Waals surface area contributed by atoms with E-state index in [4.69, 9.17) is 14.3 Å². The molecule has 41 heavy (non-hydrogen) atoms. The highest BCUT2D eigenvalue weighted by atomic mass is 32.2. The number of hydrogen-bond donors (Lipinski definition) is 2. The zero-order valence-corrected chi connectivity index (χ0v) is 24.8. The summed E-state index contributed by atoms with van der Waals surface area (Å²) in [7, 11) is -3.36. The number of hydrazine groups is 1. The number of carbonyl (C=O) groups is 3. The van der Waals surface area contributed by atoms with Crippen molar-refractivity contribution in [2.24, 2.45) is 0 Å². The van der Waals surface area contributed by atoms with E-state index in [1.807, 2.05) is 0 Å². The molecule has 1 aliphatic heterocycles. The minimum absolute atomic E-state index is 0.260. The van der Waals surface area contributed by atoms with Gasteiger partial charge in [-0.05, 0) is 52.4 Å². The average molecular weight is 591 g/mol. The Bertz CT molecular complexity index is 1310. The van der Waals surface area contributed by atoms with E-state index in [-0.39, 0.29) is 4.90 Å². The number of hydroxylamine groups is 2. The third-order valence-electron chi connectivity index (χ3n) is 6.10. The Morgan fingerprint density at radius 1 is 1.00 bits per heavy atom. The Labute approximate surface area is 240 Å². The number of benzene rings is 2. The minimum Gasteiger partial charge on any atom is -0.457 e. The lowest BCUT2D eigenvalue weighted by molar-refractivity contribution is -0.200. The fraction of sp³-hybridized carbons (Fsp3) is 0.464. The molecule has 0 radical (unpaired) electrons. The molecule has 1 saturated heterocycles. The molecule has 0 spiro atoms. The molecule has 0 saturated carbocycles. The highest BCUT2D eigenvalue weighted by Crippen LogP contribution is 2.36. The molecule has 12 nitrogen and oxygen atoms in total. The number of likely N-dealkylation sites (N-methyl/N-ethyl adjacent to an activating group) is 1. The molecule has 2 aromatic carbocycles. The predicted molar refractivity (Wildman–Crippen MR) is 150 cm³/mol. The number of amides is 2. The van der Waals surface area contributed by atoms with Gasteiger partial charge < -0.3 is 19.6 Å². The normalized spacial score (nSPS) is 15.8. The average Bonchev–Trinajstić information content (AvgIpc) is 2.91. The Hall–Kier alpha value is -3.52. The molecule has 1 fully saturated rings. The van der Waals surface area contributed by atoms with Crippen molar-refractivity contribution in [1.29, 1.82) is 0 Å². The summed E-state index contributed by atoms with van der Waals surface area (Å²) in [6.45, 7) is 7.41. The van der Waals surface area contributed by atoms with Gasteiger partial charge in [-0.1, -0.05) is 48.0 Å². The third kappa shape index (κ3) is 7.82. The van der Waals surface area contributed by atoms with Crippen LogP contribution in [0, 0.1) is 6.92 Å². The lowest BCUT2D eigenvalue weighted by Gasteiger charge is -2.40. The lowest BCUT2D eigenvalue weighted by Crippen LogP contribution is -2.66. The van der Waals surface area contributed by atoms with Crippen LogP contribution in [0.1, 0.15) is 31.9 Å². The molecule has 0 aromatic heterocycles. The zero-order valence-electron chi connectivity index (χ0n) is 24.0. The van der Waals surface area contributed by atoms with Crippen LogP contribution in [0.15, 0.2) is 59.5 Å². The summed E-state index contributed by atoms with van der Waals surface area (Å²) in [4.78, 5) is 43.5. The summed E-state index contributed by atoms with van der Waals surface area (Å²) in [5, 5.41) is 4.50. The SMILES string of the molecule is CNCC(=O)N(OC(=O)NN1CCOCC1)[C@@](Cc1ccccc1)(C(=O)OC(C)(C)C)S(=O)(=O)c1ccc(C)cc1. The summed E-state index contributed by atoms with van der Waals surface area (Å²) in [6.07, 6.45) is -1.73. The number of aryl methyl sites for hydroxylation is 1. The maximum Gasteiger partial charge on any atom is 0.446 e. The zero-order chi connectivity index (χ0) is 30.3. The van der Waals surface area contributed by atoms with Gasteiger partial charge in [0.2, 0.25) is 9.84 Å². The van der Waals surface area contributed by atoms with Crippen molar-refractivity contribution >= 4 is 27.8 Å². The Morgan fingerprint density at radius 2 is 1.61 bits per heavy atom. The molecule has 1 aliphatic rings. The van der Waals surface area contributed by atoms with Crippen LogP contribution in [0.25, 0.3) is 0 Å². The molecule has 0 unspecified atom stereocenters. The van der Waals surface area contributed by atoms with Crippen LogP contribution in [0.4, 0.5) is 4.79 Å². The van der Waals surface area contributed by atoms with E-state index in [0.717, 1.165) is 5.56 Å². The molecule has 2 amide bonds. The Morgan fingerprint density at radius 3 is 2.17 bits per heavy atom. The number of rotatable bonds is 9. The van der Waals surface area contributed by atoms with Crippen LogP contribution >= 0.6 is 0 Å². The van der Waals surface area contributed by atoms with E-state index in [2.05, 4.69) is 10.7 Å². The molecule has 2 aromatic rings. The van der Waals surface area contributed by atoms with Gasteiger partial charge in [-0.15, -0.1) is 5.06 Å². The standard InChI is InChI=1S/C28H38N4O8S/c1-21-11-13-23(14-12-21)41(36,37)28(25(34)39-27(2,3)4,19-22-9-7-6-8-10-22)32(24(33)20-29-5)40-26(35)30-31-15-17-38-18-16-31/h6-14,29H,15-20H2,1-5H3,(H,30,35)/t28-/m1/s1. The monoisotopic (exact) mass is 590 g/mol. The maximum absolute atomic E-state index is 14.7. The van der Waals surface area contributed by atoms with Gasteiger partial charge in [0.1, 0.15) is 5.60 Å². The fourth-order valence-electron chi connectivity index (χ4n) is 4.14. The number of nitrogens with zero attached hydrogens (tertiary/aromatic N) is 2. The van der Waals surface area contributed by atoms with Crippen molar-refractivity contribution in [2.45, 2.75) is 49.5 Å². The minimum atomic E-state index is -4.83. The van der Waals surface area contributed by atoms with Crippen molar-refractivity contribution in [2.75, 3.05) is 39.9 Å². The second-order valence-electron chi connectivity index (χ2n) is 10.6. The number of sulfone groups is 1. The van der Waals surface area contributed by atoms with Gasteiger partial charge >= 0.3 is 12.1 Å². The van der Waals surface area contributed by atoms with Gasteiger partial charge in [-0.3, -0.25) is 10.2 Å². The van der Waals surface area contributed by atoms with Crippen LogP contribution in [0.3, 0.4) is 0 Å². The van der Waals surface area contributed by atoms with Gasteiger partial charge in [0, 0.05) is 19.5 Å². The number of nitrogens with one attached hydrogen (secondary N) is 2. The molecule has 1 heterocycles. The molecule has 3 rings (SSSR count). The van der Waals surface area contributed by atoms with Crippen molar-refractivity contribution < 1.29 is 37.1 Å². The van der Waals surface area contributed by atoms with E-state index in [0.29, 0.717) is 36.9 Å². The Kier molecular flexibility index (Phi) is 10.5. The summed E-state index contributed by atoms with van der Waals surface area (Å²) in [5.74, 6) is -2.26. The van der Waals surface area contributed by atoms with Crippen molar-refractivity contribution in [3.63, 3.8) is 0 Å². The summed E-state index contributed by atoms with van der Waals surface area (Å²) in [6, 6.07) is 14.1. The quantitative estimate of drug-likeness (QED) is 0.329. The van der Waals surface area contributed by atoms with Crippen LogP contribution in [0.2, 0.25) is 0 Å². The highest BCUT2D eigenvalue weighted by molar-refractivity contribution is 7.93. The first kappa shape index (κ1) is 32.0. The van der Waals surface area contributed by atoms with Crippen LogP contribution in [-0.2, 0) is 40.2 Å². The largest absolute Gasteiger partial charge is 0.457 e. The molecule has 0 bridgehead atoms. The summed E-state index contributed by atoms with van der Waals surface area (Å²) in [5.41, 5.74) is 2.50. The lowest BCUT2D eigenvalue weighted by atomic mass is 10.0. The molecule has 2 N–H and O–H groups in total. The summed E-state index contributed by atoms with van der Waals surface area (Å²) >= 11 is 0. The van der Waals surface area contributed by atoms with E-state index in [1.54, 1.807) is 70.2 Å². The molecular formula is C28H38N4O8S. The van der Waals surface area contributed by atoms with Gasteiger partial charge in [-0.2, -0.15) is 0 Å². The first-order chi connectivity index (χ1) is 19.3. The molecule has 224 valence electrons. The highest BCUT2D eigenvalue weighted by Gasteiger charge is 2.62. The number of carbonyl (C=O) groups excluding carboxylic acids is 3. The van der Waals surface area contributed by atoms with E-state index >= 15 is 0 Å². The van der Waals surface area contributed by atoms with E-state index in [9.17, 15) is 22.8 Å². The summed E-state index contributed by atoms with van der Waals surface area (Å²) < 4.78 is 40.3. The first-order valence-corrected chi connectivity index (χ1v) is 14.7. The van der Waals surface area contributed by atoms with Crippen LogP contribution in [0.5, 0.6) is 0 Å².